The lowest BCUT2D eigenvalue weighted by atomic mass is 10.1. The molecule has 1 saturated heterocycles. The minimum atomic E-state index is -1.23. The van der Waals surface area contributed by atoms with E-state index in [1.165, 1.54) is 6.07 Å². The first-order valence-corrected chi connectivity index (χ1v) is 14.9. The average Bonchev–Trinajstić information content (AvgIpc) is 3.37. The Hall–Kier alpha value is -2.19. The summed E-state index contributed by atoms with van der Waals surface area (Å²) in [5.41, 5.74) is 0.549. The van der Waals surface area contributed by atoms with E-state index < -0.39 is 25.8 Å². The smallest absolute Gasteiger partial charge is 0.275 e. The van der Waals surface area contributed by atoms with Crippen LogP contribution in [0.2, 0.25) is 0 Å². The summed E-state index contributed by atoms with van der Waals surface area (Å²) < 4.78 is 25.7. The van der Waals surface area contributed by atoms with Crippen LogP contribution in [0, 0.1) is 21.4 Å². The quantitative estimate of drug-likeness (QED) is 0.0959. The van der Waals surface area contributed by atoms with Crippen molar-refractivity contribution >= 4 is 20.1 Å². The highest BCUT2D eigenvalue weighted by Gasteiger charge is 2.31. The molecule has 3 atom stereocenters. The van der Waals surface area contributed by atoms with Crippen LogP contribution in [0.1, 0.15) is 84.3 Å². The number of nitrogens with zero attached hydrogens (tertiary/aromatic N) is 3. The molecule has 0 aromatic heterocycles. The van der Waals surface area contributed by atoms with Gasteiger partial charge in [-0.2, -0.15) is 5.26 Å². The molecule has 0 saturated carbocycles. The molecule has 1 N–H and O–H groups in total. The fourth-order valence-corrected chi connectivity index (χ4v) is 5.93. The number of nitriles is 1. The van der Waals surface area contributed by atoms with Crippen molar-refractivity contribution in [3.05, 3.63) is 39.9 Å². The zero-order valence-electron chi connectivity index (χ0n) is 23.5. The van der Waals surface area contributed by atoms with Crippen LogP contribution < -0.4 is 5.32 Å². The van der Waals surface area contributed by atoms with Crippen LogP contribution in [-0.2, 0) is 23.3 Å². The topological polar surface area (TPSA) is 136 Å². The Bertz CT molecular complexity index is 920. The third kappa shape index (κ3) is 11.8. The average molecular weight is 567 g/mol. The monoisotopic (exact) mass is 566 g/mol. The second kappa shape index (κ2) is 18.2. The van der Waals surface area contributed by atoms with Crippen molar-refractivity contribution in [2.75, 3.05) is 26.4 Å². The molecule has 0 radical (unpaired) electrons. The standard InChI is InChI=1S/C27H43N4O7P/c1-21(2)30(22(3)4)39(37-19-11-16-28)36-18-9-5-6-14-26(32)29-17-10-15-27-35-20-25(38-27)23-12-7-8-13-24(23)31(33)34/h7-8,12-13,21-22,25,27H,5-6,9-11,14-15,17-20H2,1-4H3,(H,29,32). The number of nitrogens with one attached hydrogen (secondary N) is 1. The fourth-order valence-electron chi connectivity index (χ4n) is 4.30. The number of carbonyl (C=O) groups is 1. The summed E-state index contributed by atoms with van der Waals surface area (Å²) in [6, 6.07) is 9.17. The molecule has 2 rings (SSSR count). The number of para-hydroxylation sites is 1. The number of rotatable bonds is 19. The van der Waals surface area contributed by atoms with Crippen LogP contribution in [0.15, 0.2) is 24.3 Å². The molecule has 1 amide bonds. The summed E-state index contributed by atoms with van der Waals surface area (Å²) in [5, 5.41) is 23.0. The van der Waals surface area contributed by atoms with Gasteiger partial charge in [-0.1, -0.05) is 18.6 Å². The summed E-state index contributed by atoms with van der Waals surface area (Å²) in [6.45, 7) is 10.1. The van der Waals surface area contributed by atoms with Gasteiger partial charge < -0.3 is 23.8 Å². The van der Waals surface area contributed by atoms with Crippen LogP contribution in [-0.4, -0.2) is 60.2 Å². The molecule has 1 aliphatic rings. The normalized spacial score (nSPS) is 18.0. The highest BCUT2D eigenvalue weighted by molar-refractivity contribution is 7.44. The Morgan fingerprint density at radius 1 is 1.18 bits per heavy atom. The van der Waals surface area contributed by atoms with Crippen LogP contribution in [0.25, 0.3) is 0 Å². The predicted molar refractivity (Wildman–Crippen MR) is 149 cm³/mol. The third-order valence-electron chi connectivity index (χ3n) is 6.08. The summed E-state index contributed by atoms with van der Waals surface area (Å²) in [6.07, 6.45) is 3.63. The van der Waals surface area contributed by atoms with E-state index in [9.17, 15) is 14.9 Å². The van der Waals surface area contributed by atoms with Gasteiger partial charge in [0, 0.05) is 37.5 Å². The Labute approximate surface area is 233 Å². The zero-order chi connectivity index (χ0) is 28.6. The number of amides is 1. The number of carbonyl (C=O) groups excluding carboxylic acids is 1. The third-order valence-corrected chi connectivity index (χ3v) is 8.19. The molecular formula is C27H43N4O7P. The van der Waals surface area contributed by atoms with E-state index in [0.717, 1.165) is 19.3 Å². The lowest BCUT2D eigenvalue weighted by Crippen LogP contribution is -2.33. The highest BCUT2D eigenvalue weighted by Crippen LogP contribution is 2.46. The van der Waals surface area contributed by atoms with Crippen molar-refractivity contribution in [2.24, 2.45) is 0 Å². The number of nitro groups is 1. The molecule has 11 nitrogen and oxygen atoms in total. The number of hydrogen-bond acceptors (Lipinski definition) is 9. The Kier molecular flexibility index (Phi) is 15.4. The number of ether oxygens (including phenoxy) is 2. The van der Waals surface area contributed by atoms with Crippen molar-refractivity contribution in [2.45, 2.75) is 97.1 Å². The van der Waals surface area contributed by atoms with E-state index in [-0.39, 0.29) is 30.3 Å². The number of unbranched alkanes of at least 4 members (excludes halogenated alkanes) is 2. The molecule has 1 heterocycles. The maximum Gasteiger partial charge on any atom is 0.275 e. The Morgan fingerprint density at radius 3 is 2.59 bits per heavy atom. The number of hydrogen-bond donors (Lipinski definition) is 1. The van der Waals surface area contributed by atoms with Gasteiger partial charge in [0.25, 0.3) is 14.2 Å². The highest BCUT2D eigenvalue weighted by atomic mass is 31.2. The van der Waals surface area contributed by atoms with Gasteiger partial charge in [-0.05, 0) is 53.0 Å². The van der Waals surface area contributed by atoms with Crippen molar-refractivity contribution < 1.29 is 28.2 Å². The van der Waals surface area contributed by atoms with Gasteiger partial charge in [0.05, 0.1) is 42.8 Å². The molecule has 3 unspecified atom stereocenters. The minimum Gasteiger partial charge on any atom is -0.356 e. The zero-order valence-corrected chi connectivity index (χ0v) is 24.4. The van der Waals surface area contributed by atoms with Crippen molar-refractivity contribution in [3.8, 4) is 6.07 Å². The molecule has 12 heteroatoms. The van der Waals surface area contributed by atoms with E-state index in [1.807, 2.05) is 0 Å². The van der Waals surface area contributed by atoms with Gasteiger partial charge in [0.2, 0.25) is 5.91 Å². The van der Waals surface area contributed by atoms with E-state index >= 15 is 0 Å². The van der Waals surface area contributed by atoms with Crippen LogP contribution in [0.4, 0.5) is 5.69 Å². The molecule has 0 spiro atoms. The molecule has 218 valence electrons. The van der Waals surface area contributed by atoms with Gasteiger partial charge in [0.1, 0.15) is 6.10 Å². The first kappa shape index (κ1) is 33.0. The first-order chi connectivity index (χ1) is 18.7. The fraction of sp³-hybridized carbons (Fsp3) is 0.704. The van der Waals surface area contributed by atoms with Gasteiger partial charge in [0.15, 0.2) is 6.29 Å². The minimum absolute atomic E-state index is 0.00911. The molecule has 1 aromatic rings. The van der Waals surface area contributed by atoms with Gasteiger partial charge in [-0.3, -0.25) is 14.9 Å². The Morgan fingerprint density at radius 2 is 1.90 bits per heavy atom. The molecule has 1 fully saturated rings. The predicted octanol–water partition coefficient (Wildman–Crippen LogP) is 5.76. The second-order valence-electron chi connectivity index (χ2n) is 9.89. The van der Waals surface area contributed by atoms with Gasteiger partial charge in [-0.15, -0.1) is 0 Å². The second-order valence-corrected chi connectivity index (χ2v) is 11.3. The molecule has 1 aromatic carbocycles. The number of benzene rings is 1. The molecule has 0 bridgehead atoms. The van der Waals surface area contributed by atoms with E-state index in [4.69, 9.17) is 23.8 Å². The Balaban J connectivity index is 1.58. The largest absolute Gasteiger partial charge is 0.356 e. The van der Waals surface area contributed by atoms with Gasteiger partial charge in [-0.25, -0.2) is 4.67 Å². The first-order valence-electron chi connectivity index (χ1n) is 13.7. The summed E-state index contributed by atoms with van der Waals surface area (Å²) in [4.78, 5) is 23.0. The summed E-state index contributed by atoms with van der Waals surface area (Å²) in [5.74, 6) is 0.00911. The summed E-state index contributed by atoms with van der Waals surface area (Å²) >= 11 is 0. The van der Waals surface area contributed by atoms with Crippen LogP contribution in [0.5, 0.6) is 0 Å². The lowest BCUT2D eigenvalue weighted by Gasteiger charge is -2.35. The van der Waals surface area contributed by atoms with Gasteiger partial charge >= 0.3 is 0 Å². The van der Waals surface area contributed by atoms with Crippen LogP contribution >= 0.6 is 8.53 Å². The SMILES string of the molecule is CC(C)N(C(C)C)P(OCCC#N)OCCCCCC(=O)NCCCC1OCC(c2ccccc2[N+](=O)[O-])O1. The summed E-state index contributed by atoms with van der Waals surface area (Å²) in [7, 11) is -1.23. The number of nitro benzene ring substituents is 1. The van der Waals surface area contributed by atoms with E-state index in [1.54, 1.807) is 18.2 Å². The molecular weight excluding hydrogens is 523 g/mol. The van der Waals surface area contributed by atoms with E-state index in [2.05, 4.69) is 43.8 Å². The maximum atomic E-state index is 12.2. The van der Waals surface area contributed by atoms with E-state index in [0.29, 0.717) is 51.0 Å². The van der Waals surface area contributed by atoms with Crippen molar-refractivity contribution in [1.29, 1.82) is 5.26 Å². The molecule has 39 heavy (non-hydrogen) atoms. The lowest BCUT2D eigenvalue weighted by molar-refractivity contribution is -0.386. The molecule has 0 aliphatic carbocycles. The molecule has 1 aliphatic heterocycles. The van der Waals surface area contributed by atoms with Crippen molar-refractivity contribution in [1.82, 2.24) is 9.99 Å². The van der Waals surface area contributed by atoms with Crippen LogP contribution in [0.3, 0.4) is 0 Å². The maximum absolute atomic E-state index is 12.2. The van der Waals surface area contributed by atoms with Crippen molar-refractivity contribution in [3.63, 3.8) is 0 Å².